The van der Waals surface area contributed by atoms with Crippen LogP contribution in [0.25, 0.3) is 0 Å². The van der Waals surface area contributed by atoms with Crippen molar-refractivity contribution in [3.05, 3.63) is 17.0 Å². The molecule has 1 saturated heterocycles. The zero-order chi connectivity index (χ0) is 12.3. The first-order valence-corrected chi connectivity index (χ1v) is 6.55. The van der Waals surface area contributed by atoms with E-state index >= 15 is 0 Å². The molecular weight excluding hydrogens is 236 g/mol. The lowest BCUT2D eigenvalue weighted by Gasteiger charge is -2.32. The van der Waals surface area contributed by atoms with Gasteiger partial charge in [0, 0.05) is 24.3 Å². The van der Waals surface area contributed by atoms with Crippen molar-refractivity contribution in [2.24, 2.45) is 0 Å². The van der Waals surface area contributed by atoms with Crippen LogP contribution >= 0.6 is 11.6 Å². The number of halogens is 1. The first-order chi connectivity index (χ1) is 8.17. The largest absolute Gasteiger partial charge is 0.366 e. The number of aryl methyl sites for hydroxylation is 1. The number of likely N-dealkylation sites (tertiary alicyclic amines) is 1. The fourth-order valence-electron chi connectivity index (χ4n) is 2.28. The summed E-state index contributed by atoms with van der Waals surface area (Å²) in [5.74, 6) is 0.838. The van der Waals surface area contributed by atoms with Gasteiger partial charge >= 0.3 is 0 Å². The van der Waals surface area contributed by atoms with Gasteiger partial charge in [-0.05, 0) is 44.5 Å². The molecule has 1 aliphatic heterocycles. The molecule has 0 aromatic carbocycles. The third kappa shape index (κ3) is 3.54. The van der Waals surface area contributed by atoms with E-state index in [-0.39, 0.29) is 0 Å². The van der Waals surface area contributed by atoms with Crippen molar-refractivity contribution in [1.82, 2.24) is 14.9 Å². The van der Waals surface area contributed by atoms with Gasteiger partial charge in [0.15, 0.2) is 0 Å². The third-order valence-electron chi connectivity index (χ3n) is 3.13. The van der Waals surface area contributed by atoms with Crippen LogP contribution in [0, 0.1) is 6.92 Å². The fraction of sp³-hybridized carbons (Fsp3) is 0.667. The Hall–Kier alpha value is -0.870. The summed E-state index contributed by atoms with van der Waals surface area (Å²) in [5.41, 5.74) is 0.899. The molecule has 94 valence electrons. The van der Waals surface area contributed by atoms with Gasteiger partial charge < -0.3 is 10.2 Å². The number of nitrogens with one attached hydrogen (secondary N) is 1. The highest BCUT2D eigenvalue weighted by Gasteiger charge is 2.18. The van der Waals surface area contributed by atoms with Gasteiger partial charge in [-0.15, -0.1) is 0 Å². The highest BCUT2D eigenvalue weighted by Crippen LogP contribution is 2.16. The Balaban J connectivity index is 2.00. The third-order valence-corrected chi connectivity index (χ3v) is 3.30. The second-order valence-electron chi connectivity index (χ2n) is 4.54. The van der Waals surface area contributed by atoms with Crippen LogP contribution in [0.2, 0.25) is 5.28 Å². The fourth-order valence-corrected chi connectivity index (χ4v) is 2.50. The highest BCUT2D eigenvalue weighted by atomic mass is 35.5. The van der Waals surface area contributed by atoms with Crippen molar-refractivity contribution in [3.63, 3.8) is 0 Å². The van der Waals surface area contributed by atoms with Crippen LogP contribution < -0.4 is 5.32 Å². The summed E-state index contributed by atoms with van der Waals surface area (Å²) in [4.78, 5) is 10.7. The molecule has 0 bridgehead atoms. The van der Waals surface area contributed by atoms with Crippen LogP contribution in [0.15, 0.2) is 6.07 Å². The van der Waals surface area contributed by atoms with E-state index in [0.717, 1.165) is 24.6 Å². The molecule has 0 radical (unpaired) electrons. The Morgan fingerprint density at radius 3 is 3.06 bits per heavy atom. The van der Waals surface area contributed by atoms with Crippen LogP contribution in [-0.2, 0) is 0 Å². The number of aromatic nitrogens is 2. The van der Waals surface area contributed by atoms with E-state index in [4.69, 9.17) is 11.6 Å². The smallest absolute Gasteiger partial charge is 0.224 e. The zero-order valence-electron chi connectivity index (χ0n) is 10.4. The van der Waals surface area contributed by atoms with E-state index in [1.54, 1.807) is 0 Å². The Labute approximate surface area is 107 Å². The zero-order valence-corrected chi connectivity index (χ0v) is 11.2. The molecule has 2 heterocycles. The summed E-state index contributed by atoms with van der Waals surface area (Å²) >= 11 is 5.85. The van der Waals surface area contributed by atoms with Crippen molar-refractivity contribution in [1.29, 1.82) is 0 Å². The first kappa shape index (κ1) is 12.6. The van der Waals surface area contributed by atoms with Gasteiger partial charge in [-0.2, -0.15) is 0 Å². The molecule has 1 unspecified atom stereocenters. The molecule has 2 rings (SSSR count). The second-order valence-corrected chi connectivity index (χ2v) is 4.88. The topological polar surface area (TPSA) is 41.0 Å². The summed E-state index contributed by atoms with van der Waals surface area (Å²) in [6, 6.07) is 2.41. The molecule has 4 nitrogen and oxygen atoms in total. The van der Waals surface area contributed by atoms with Gasteiger partial charge in [-0.1, -0.05) is 6.92 Å². The van der Waals surface area contributed by atoms with Crippen LogP contribution in [0.5, 0.6) is 0 Å². The molecule has 0 saturated carbocycles. The lowest BCUT2D eigenvalue weighted by molar-refractivity contribution is 0.226. The molecule has 17 heavy (non-hydrogen) atoms. The van der Waals surface area contributed by atoms with Gasteiger partial charge in [-0.25, -0.2) is 9.97 Å². The minimum absolute atomic E-state index is 0.315. The number of nitrogens with zero attached hydrogens (tertiary/aromatic N) is 3. The molecule has 0 aliphatic carbocycles. The van der Waals surface area contributed by atoms with Crippen molar-refractivity contribution in [2.45, 2.75) is 32.7 Å². The average molecular weight is 255 g/mol. The summed E-state index contributed by atoms with van der Waals surface area (Å²) in [6.07, 6.45) is 2.43. The maximum atomic E-state index is 5.85. The number of anilines is 1. The van der Waals surface area contributed by atoms with E-state index in [1.165, 1.54) is 19.4 Å². The van der Waals surface area contributed by atoms with Gasteiger partial charge in [0.05, 0.1) is 0 Å². The first-order valence-electron chi connectivity index (χ1n) is 6.17. The van der Waals surface area contributed by atoms with E-state index in [2.05, 4.69) is 27.1 Å². The lowest BCUT2D eigenvalue weighted by atomic mass is 10.1. The summed E-state index contributed by atoms with van der Waals surface area (Å²) in [6.45, 7) is 7.53. The predicted molar refractivity (Wildman–Crippen MR) is 70.5 cm³/mol. The van der Waals surface area contributed by atoms with Crippen LogP contribution in [0.1, 0.15) is 25.5 Å². The standard InChI is InChI=1S/C12H19ClN4/c1-3-17-6-4-5-10(8-17)15-11-7-9(2)14-12(13)16-11/h7,10H,3-6,8H2,1-2H3,(H,14,15,16). The van der Waals surface area contributed by atoms with Crippen LogP contribution in [0.4, 0.5) is 5.82 Å². The van der Waals surface area contributed by atoms with Crippen molar-refractivity contribution in [3.8, 4) is 0 Å². The Morgan fingerprint density at radius 2 is 2.35 bits per heavy atom. The lowest BCUT2D eigenvalue weighted by Crippen LogP contribution is -2.42. The van der Waals surface area contributed by atoms with Crippen LogP contribution in [-0.4, -0.2) is 40.5 Å². The molecule has 1 aliphatic rings. The summed E-state index contributed by atoms with van der Waals surface area (Å²) < 4.78 is 0. The number of hydrogen-bond acceptors (Lipinski definition) is 4. The molecule has 1 aromatic rings. The quantitative estimate of drug-likeness (QED) is 0.841. The van der Waals surface area contributed by atoms with Gasteiger partial charge in [0.25, 0.3) is 0 Å². The Bertz CT molecular complexity index is 363. The Kier molecular flexibility index (Phi) is 4.18. The minimum Gasteiger partial charge on any atom is -0.366 e. The molecule has 1 fully saturated rings. The molecule has 1 aromatic heterocycles. The highest BCUT2D eigenvalue weighted by molar-refractivity contribution is 6.28. The molecule has 5 heteroatoms. The molecule has 0 amide bonds. The number of hydrogen-bond donors (Lipinski definition) is 1. The monoisotopic (exact) mass is 254 g/mol. The summed E-state index contributed by atoms with van der Waals surface area (Å²) in [5, 5.41) is 3.77. The summed E-state index contributed by atoms with van der Waals surface area (Å²) in [7, 11) is 0. The van der Waals surface area contributed by atoms with Gasteiger partial charge in [0.2, 0.25) is 5.28 Å². The van der Waals surface area contributed by atoms with Crippen molar-refractivity contribution >= 4 is 17.4 Å². The van der Waals surface area contributed by atoms with E-state index < -0.39 is 0 Å². The minimum atomic E-state index is 0.315. The van der Waals surface area contributed by atoms with Crippen molar-refractivity contribution < 1.29 is 0 Å². The number of piperidine rings is 1. The average Bonchev–Trinajstić information content (AvgIpc) is 2.28. The normalized spacial score (nSPS) is 21.5. The van der Waals surface area contributed by atoms with Crippen molar-refractivity contribution in [2.75, 3.05) is 25.0 Å². The molecule has 0 spiro atoms. The molecule has 1 N–H and O–H groups in total. The van der Waals surface area contributed by atoms with E-state index in [1.807, 2.05) is 13.0 Å². The van der Waals surface area contributed by atoms with Gasteiger partial charge in [-0.3, -0.25) is 0 Å². The van der Waals surface area contributed by atoms with E-state index in [9.17, 15) is 0 Å². The van der Waals surface area contributed by atoms with Gasteiger partial charge in [0.1, 0.15) is 5.82 Å². The predicted octanol–water partition coefficient (Wildman–Crippen LogP) is 2.33. The van der Waals surface area contributed by atoms with Crippen LogP contribution in [0.3, 0.4) is 0 Å². The second kappa shape index (κ2) is 5.65. The van der Waals surface area contributed by atoms with E-state index in [0.29, 0.717) is 11.3 Å². The number of rotatable bonds is 3. The molecular formula is C12H19ClN4. The SMILES string of the molecule is CCN1CCCC(Nc2cc(C)nc(Cl)n2)C1. The maximum absolute atomic E-state index is 5.85. The molecule has 1 atom stereocenters. The maximum Gasteiger partial charge on any atom is 0.224 e. The Morgan fingerprint density at radius 1 is 1.53 bits per heavy atom. The number of likely N-dealkylation sites (N-methyl/N-ethyl adjacent to an activating group) is 1.